The summed E-state index contributed by atoms with van der Waals surface area (Å²) in [6.45, 7) is -0.00386. The Kier molecular flexibility index (Phi) is 5.70. The van der Waals surface area contributed by atoms with E-state index in [9.17, 15) is 14.0 Å². The van der Waals surface area contributed by atoms with E-state index in [2.05, 4.69) is 10.3 Å². The van der Waals surface area contributed by atoms with Crippen LogP contribution in [-0.4, -0.2) is 54.7 Å². The smallest absolute Gasteiger partial charge is 0.330 e. The van der Waals surface area contributed by atoms with Crippen molar-refractivity contribution in [2.45, 2.75) is 31.2 Å². The summed E-state index contributed by atoms with van der Waals surface area (Å²) in [7, 11) is 2.78. The van der Waals surface area contributed by atoms with Gasteiger partial charge in [-0.15, -0.1) is 0 Å². The van der Waals surface area contributed by atoms with Crippen LogP contribution in [0.1, 0.15) is 11.8 Å². The van der Waals surface area contributed by atoms with Gasteiger partial charge in [-0.1, -0.05) is 0 Å². The number of methoxy groups -OCH3 is 2. The number of guanidine groups is 1. The van der Waals surface area contributed by atoms with Crippen molar-refractivity contribution in [2.75, 3.05) is 20.8 Å². The minimum atomic E-state index is -1.63. The van der Waals surface area contributed by atoms with E-state index in [0.717, 1.165) is 4.57 Å². The molecule has 1 fully saturated rings. The van der Waals surface area contributed by atoms with Crippen molar-refractivity contribution < 1.29 is 18.6 Å². The van der Waals surface area contributed by atoms with Gasteiger partial charge >= 0.3 is 5.69 Å². The molecule has 1 unspecified atom stereocenters. The molecule has 0 bridgehead atoms. The number of hydrogen-bond donors (Lipinski definition) is 4. The molecule has 0 amide bonds. The lowest BCUT2D eigenvalue weighted by Gasteiger charge is -2.17. The molecule has 2 rings (SSSR count). The maximum Gasteiger partial charge on any atom is 0.330 e. The van der Waals surface area contributed by atoms with Gasteiger partial charge in [-0.3, -0.25) is 19.8 Å². The Morgan fingerprint density at radius 3 is 2.83 bits per heavy atom. The highest BCUT2D eigenvalue weighted by molar-refractivity contribution is 5.74. The number of halogens is 1. The molecule has 1 aromatic heterocycles. The third-order valence-electron chi connectivity index (χ3n) is 3.66. The number of hydrogen-bond acceptors (Lipinski definition) is 6. The van der Waals surface area contributed by atoms with Gasteiger partial charge in [0, 0.05) is 27.0 Å². The molecule has 0 spiro atoms. The molecule has 5 N–H and O–H groups in total. The number of alkyl halides is 1. The molecule has 10 nitrogen and oxygen atoms in total. The topological polar surface area (TPSA) is 144 Å². The molecule has 0 aromatic carbocycles. The number of aromatic amines is 1. The molecule has 1 saturated heterocycles. The summed E-state index contributed by atoms with van der Waals surface area (Å²) in [5.41, 5.74) is 3.80. The average Bonchev–Trinajstić information content (AvgIpc) is 2.82. The zero-order valence-corrected chi connectivity index (χ0v) is 13.2. The van der Waals surface area contributed by atoms with Crippen molar-refractivity contribution in [1.29, 1.82) is 5.41 Å². The molecule has 2 heterocycles. The molecule has 134 valence electrons. The number of ether oxygens (including phenoxy) is 3. The first-order valence-corrected chi connectivity index (χ1v) is 7.12. The lowest BCUT2D eigenvalue weighted by atomic mass is 10.1. The largest absolute Gasteiger partial charge is 0.382 e. The van der Waals surface area contributed by atoms with Gasteiger partial charge in [-0.25, -0.2) is 9.18 Å². The summed E-state index contributed by atoms with van der Waals surface area (Å²) >= 11 is 0. The van der Waals surface area contributed by atoms with E-state index in [1.807, 2.05) is 0 Å². The van der Waals surface area contributed by atoms with Crippen molar-refractivity contribution in [3.63, 3.8) is 0 Å². The van der Waals surface area contributed by atoms with Gasteiger partial charge in [0.25, 0.3) is 5.56 Å². The SMILES string of the molecule is COC[C@H]1OC(n2cc(CNC(=N)N)c(=O)[nH]c2=O)[C@H](F)[C@@H]1OC. The standard InChI is InChI=1S/C13H20FN5O5/c1-22-5-7-9(23-2)8(14)11(24-7)19-4-6(3-17-12(15)16)10(20)18-13(19)21/h4,7-9,11H,3,5H2,1-2H3,(H4,15,16,17)(H,18,20,21)/t7-,8-,9-,11?/m1/s1. The Balaban J connectivity index is 2.34. The molecular weight excluding hydrogens is 325 g/mol. The van der Waals surface area contributed by atoms with Gasteiger partial charge in [0.2, 0.25) is 0 Å². The van der Waals surface area contributed by atoms with E-state index in [1.54, 1.807) is 0 Å². The minimum absolute atomic E-state index is 0.0896. The predicted octanol–water partition coefficient (Wildman–Crippen LogP) is -1.58. The van der Waals surface area contributed by atoms with Crippen molar-refractivity contribution in [3.05, 3.63) is 32.6 Å². The van der Waals surface area contributed by atoms with Crippen LogP contribution >= 0.6 is 0 Å². The van der Waals surface area contributed by atoms with Crippen LogP contribution in [0, 0.1) is 5.41 Å². The van der Waals surface area contributed by atoms with Crippen LogP contribution < -0.4 is 22.3 Å². The van der Waals surface area contributed by atoms with Gasteiger partial charge in [-0.05, 0) is 0 Å². The minimum Gasteiger partial charge on any atom is -0.382 e. The van der Waals surface area contributed by atoms with Gasteiger partial charge < -0.3 is 25.3 Å². The monoisotopic (exact) mass is 345 g/mol. The average molecular weight is 345 g/mol. The Labute approximate surface area is 136 Å². The Morgan fingerprint density at radius 2 is 2.25 bits per heavy atom. The summed E-state index contributed by atoms with van der Waals surface area (Å²) in [4.78, 5) is 25.9. The van der Waals surface area contributed by atoms with Crippen LogP contribution in [0.2, 0.25) is 0 Å². The molecule has 1 aromatic rings. The third kappa shape index (κ3) is 3.63. The number of nitrogens with two attached hydrogens (primary N) is 1. The first kappa shape index (κ1) is 18.1. The normalized spacial score (nSPS) is 26.5. The van der Waals surface area contributed by atoms with E-state index in [1.165, 1.54) is 20.4 Å². The van der Waals surface area contributed by atoms with Crippen molar-refractivity contribution >= 4 is 5.96 Å². The summed E-state index contributed by atoms with van der Waals surface area (Å²) in [5.74, 6) is -0.341. The van der Waals surface area contributed by atoms with Gasteiger partial charge in [0.05, 0.1) is 12.2 Å². The molecule has 24 heavy (non-hydrogen) atoms. The number of H-pyrrole nitrogens is 1. The summed E-state index contributed by atoms with van der Waals surface area (Å²) in [6.07, 6.45) is -3.33. The van der Waals surface area contributed by atoms with E-state index < -0.39 is 35.9 Å². The third-order valence-corrected chi connectivity index (χ3v) is 3.66. The van der Waals surface area contributed by atoms with Crippen molar-refractivity contribution in [2.24, 2.45) is 5.73 Å². The van der Waals surface area contributed by atoms with Crippen LogP contribution in [0.3, 0.4) is 0 Å². The summed E-state index contributed by atoms with van der Waals surface area (Å²) in [6, 6.07) is 0. The van der Waals surface area contributed by atoms with Crippen LogP contribution in [-0.2, 0) is 20.8 Å². The second kappa shape index (κ2) is 7.55. The maximum absolute atomic E-state index is 14.6. The molecular formula is C13H20FN5O5. The number of nitrogens with one attached hydrogen (secondary N) is 3. The fraction of sp³-hybridized carbons (Fsp3) is 0.615. The van der Waals surface area contributed by atoms with Gasteiger partial charge in [0.1, 0.15) is 12.2 Å². The Hall–Kier alpha value is -2.24. The van der Waals surface area contributed by atoms with Crippen molar-refractivity contribution in [3.8, 4) is 0 Å². The highest BCUT2D eigenvalue weighted by atomic mass is 19.1. The second-order valence-electron chi connectivity index (χ2n) is 5.25. The van der Waals surface area contributed by atoms with E-state index in [4.69, 9.17) is 25.4 Å². The number of aromatic nitrogens is 2. The van der Waals surface area contributed by atoms with Crippen LogP contribution in [0.4, 0.5) is 4.39 Å². The van der Waals surface area contributed by atoms with Crippen molar-refractivity contribution in [1.82, 2.24) is 14.9 Å². The van der Waals surface area contributed by atoms with E-state index >= 15 is 0 Å². The molecule has 1 aliphatic heterocycles. The van der Waals surface area contributed by atoms with E-state index in [0.29, 0.717) is 0 Å². The number of nitrogens with zero attached hydrogens (tertiary/aromatic N) is 1. The molecule has 0 aliphatic carbocycles. The Morgan fingerprint density at radius 1 is 1.54 bits per heavy atom. The molecule has 1 aliphatic rings. The summed E-state index contributed by atoms with van der Waals surface area (Å²) in [5, 5.41) is 9.55. The fourth-order valence-electron chi connectivity index (χ4n) is 2.53. The first-order chi connectivity index (χ1) is 11.4. The quantitative estimate of drug-likeness (QED) is 0.359. The van der Waals surface area contributed by atoms with Crippen LogP contribution in [0.15, 0.2) is 15.8 Å². The van der Waals surface area contributed by atoms with Crippen LogP contribution in [0.5, 0.6) is 0 Å². The second-order valence-corrected chi connectivity index (χ2v) is 5.25. The Bertz CT molecular complexity index is 705. The zero-order chi connectivity index (χ0) is 17.9. The first-order valence-electron chi connectivity index (χ1n) is 7.12. The highest BCUT2D eigenvalue weighted by Gasteiger charge is 2.46. The zero-order valence-electron chi connectivity index (χ0n) is 13.2. The molecule has 11 heteroatoms. The lowest BCUT2D eigenvalue weighted by Crippen LogP contribution is -2.39. The molecule has 4 atom stereocenters. The molecule has 0 radical (unpaired) electrons. The van der Waals surface area contributed by atoms with Crippen LogP contribution in [0.25, 0.3) is 0 Å². The maximum atomic E-state index is 14.6. The van der Waals surface area contributed by atoms with E-state index in [-0.39, 0.29) is 24.7 Å². The lowest BCUT2D eigenvalue weighted by molar-refractivity contribution is -0.0626. The number of rotatable bonds is 6. The molecule has 0 saturated carbocycles. The van der Waals surface area contributed by atoms with Gasteiger partial charge in [0.15, 0.2) is 18.4 Å². The van der Waals surface area contributed by atoms with Gasteiger partial charge in [-0.2, -0.15) is 0 Å². The highest BCUT2D eigenvalue weighted by Crippen LogP contribution is 2.32. The fourth-order valence-corrected chi connectivity index (χ4v) is 2.53. The predicted molar refractivity (Wildman–Crippen MR) is 81.6 cm³/mol. The summed E-state index contributed by atoms with van der Waals surface area (Å²) < 4.78 is 31.1.